The van der Waals surface area contributed by atoms with E-state index in [1.54, 1.807) is 37.3 Å². The molecule has 1 heterocycles. The third kappa shape index (κ3) is 4.83. The van der Waals surface area contributed by atoms with E-state index in [4.69, 9.17) is 18.9 Å². The molecule has 160 valence electrons. The van der Waals surface area contributed by atoms with E-state index in [1.165, 1.54) is 14.2 Å². The molecule has 1 fully saturated rings. The minimum Gasteiger partial charge on any atom is -0.493 e. The zero-order valence-corrected chi connectivity index (χ0v) is 17.4. The number of ether oxygens (including phenoxy) is 4. The summed E-state index contributed by atoms with van der Waals surface area (Å²) in [5.41, 5.74) is 2.07. The molecule has 30 heavy (non-hydrogen) atoms. The van der Waals surface area contributed by atoms with Gasteiger partial charge in [0.2, 0.25) is 0 Å². The number of hydrogen-bond acceptors (Lipinski definition) is 7. The number of nitrogens with one attached hydrogen (secondary N) is 1. The van der Waals surface area contributed by atoms with E-state index >= 15 is 0 Å². The van der Waals surface area contributed by atoms with Crippen molar-refractivity contribution in [3.05, 3.63) is 47.5 Å². The average Bonchev–Trinajstić information content (AvgIpc) is 2.79. The number of carbonyl (C=O) groups excluding carboxylic acids is 2. The summed E-state index contributed by atoms with van der Waals surface area (Å²) in [6.45, 7) is 4.59. The second-order valence-electron chi connectivity index (χ2n) is 6.58. The topological polar surface area (TPSA) is 86.3 Å². The molecule has 0 spiro atoms. The first kappa shape index (κ1) is 21.4. The molecule has 1 saturated heterocycles. The minimum atomic E-state index is -0.429. The quantitative estimate of drug-likeness (QED) is 0.697. The predicted molar refractivity (Wildman–Crippen MR) is 113 cm³/mol. The molecule has 1 amide bonds. The van der Waals surface area contributed by atoms with Crippen LogP contribution in [0.1, 0.15) is 27.6 Å². The highest BCUT2D eigenvalue weighted by atomic mass is 16.5. The summed E-state index contributed by atoms with van der Waals surface area (Å²) in [7, 11) is 3.04. The third-order valence-corrected chi connectivity index (χ3v) is 4.75. The van der Waals surface area contributed by atoms with Gasteiger partial charge in [-0.15, -0.1) is 0 Å². The van der Waals surface area contributed by atoms with Crippen molar-refractivity contribution in [2.24, 2.45) is 0 Å². The Labute approximate surface area is 175 Å². The Bertz CT molecular complexity index is 908. The second-order valence-corrected chi connectivity index (χ2v) is 6.58. The molecule has 0 atom stereocenters. The van der Waals surface area contributed by atoms with E-state index in [1.807, 2.05) is 6.07 Å². The number of amides is 1. The van der Waals surface area contributed by atoms with Crippen molar-refractivity contribution < 1.29 is 28.5 Å². The lowest BCUT2D eigenvalue weighted by Gasteiger charge is -2.30. The lowest BCUT2D eigenvalue weighted by molar-refractivity contribution is 0.0526. The molecule has 1 aliphatic rings. The Morgan fingerprint density at radius 3 is 2.43 bits per heavy atom. The maximum Gasteiger partial charge on any atom is 0.340 e. The fourth-order valence-electron chi connectivity index (χ4n) is 3.25. The molecular weight excluding hydrogens is 388 g/mol. The number of carbonyl (C=O) groups is 2. The molecule has 0 radical (unpaired) electrons. The third-order valence-electron chi connectivity index (χ3n) is 4.75. The molecule has 0 saturated carbocycles. The number of esters is 1. The smallest absolute Gasteiger partial charge is 0.340 e. The van der Waals surface area contributed by atoms with Crippen LogP contribution in [0.3, 0.4) is 0 Å². The Balaban J connectivity index is 1.86. The van der Waals surface area contributed by atoms with Crippen LogP contribution in [-0.4, -0.2) is 59.0 Å². The number of nitrogens with zero attached hydrogens (tertiary/aromatic N) is 1. The highest BCUT2D eigenvalue weighted by molar-refractivity contribution is 6.06. The normalized spacial score (nSPS) is 13.5. The summed E-state index contributed by atoms with van der Waals surface area (Å²) < 4.78 is 21.1. The van der Waals surface area contributed by atoms with Gasteiger partial charge >= 0.3 is 5.97 Å². The zero-order chi connectivity index (χ0) is 21.5. The van der Waals surface area contributed by atoms with Gasteiger partial charge < -0.3 is 29.2 Å². The van der Waals surface area contributed by atoms with Crippen LogP contribution in [0.2, 0.25) is 0 Å². The number of rotatable bonds is 7. The number of anilines is 2. The van der Waals surface area contributed by atoms with Crippen LogP contribution in [0.5, 0.6) is 11.5 Å². The second kappa shape index (κ2) is 9.98. The number of hydrogen-bond donors (Lipinski definition) is 1. The zero-order valence-electron chi connectivity index (χ0n) is 17.4. The molecule has 1 aliphatic heterocycles. The number of methoxy groups -OCH3 is 2. The van der Waals surface area contributed by atoms with Crippen LogP contribution in [0.4, 0.5) is 11.4 Å². The fraction of sp³-hybridized carbons (Fsp3) is 0.364. The molecule has 3 rings (SSSR count). The van der Waals surface area contributed by atoms with E-state index in [-0.39, 0.29) is 12.5 Å². The first-order chi connectivity index (χ1) is 14.6. The average molecular weight is 414 g/mol. The van der Waals surface area contributed by atoms with Crippen LogP contribution in [0, 0.1) is 0 Å². The van der Waals surface area contributed by atoms with Gasteiger partial charge in [0.1, 0.15) is 0 Å². The summed E-state index contributed by atoms with van der Waals surface area (Å²) in [4.78, 5) is 27.4. The number of morpholine rings is 1. The molecule has 2 aromatic rings. The van der Waals surface area contributed by atoms with Gasteiger partial charge in [0, 0.05) is 24.3 Å². The molecule has 0 unspecified atom stereocenters. The van der Waals surface area contributed by atoms with Crippen molar-refractivity contribution in [3.63, 3.8) is 0 Å². The van der Waals surface area contributed by atoms with Crippen molar-refractivity contribution in [1.29, 1.82) is 0 Å². The van der Waals surface area contributed by atoms with Crippen molar-refractivity contribution in [3.8, 4) is 11.5 Å². The Kier molecular flexibility index (Phi) is 7.13. The maximum atomic E-state index is 12.7. The maximum absolute atomic E-state index is 12.7. The Morgan fingerprint density at radius 2 is 1.77 bits per heavy atom. The molecule has 0 aliphatic carbocycles. The van der Waals surface area contributed by atoms with Crippen LogP contribution >= 0.6 is 0 Å². The minimum absolute atomic E-state index is 0.267. The first-order valence-corrected chi connectivity index (χ1v) is 9.74. The highest BCUT2D eigenvalue weighted by Gasteiger charge is 2.21. The summed E-state index contributed by atoms with van der Waals surface area (Å²) >= 11 is 0. The summed E-state index contributed by atoms with van der Waals surface area (Å²) in [5.74, 6) is 0.236. The van der Waals surface area contributed by atoms with E-state index in [0.717, 1.165) is 5.69 Å². The largest absolute Gasteiger partial charge is 0.493 e. The van der Waals surface area contributed by atoms with Gasteiger partial charge in [0.15, 0.2) is 11.5 Å². The number of benzene rings is 2. The van der Waals surface area contributed by atoms with Gasteiger partial charge in [-0.05, 0) is 43.3 Å². The monoisotopic (exact) mass is 414 g/mol. The molecule has 0 aromatic heterocycles. The van der Waals surface area contributed by atoms with Crippen LogP contribution in [-0.2, 0) is 9.47 Å². The van der Waals surface area contributed by atoms with Gasteiger partial charge in [-0.3, -0.25) is 4.79 Å². The van der Waals surface area contributed by atoms with Gasteiger partial charge in [-0.25, -0.2) is 4.79 Å². The summed E-state index contributed by atoms with van der Waals surface area (Å²) in [5, 5.41) is 2.83. The Hall–Kier alpha value is -3.26. The summed E-state index contributed by atoms with van der Waals surface area (Å²) in [6, 6.07) is 10.1. The van der Waals surface area contributed by atoms with Crippen LogP contribution < -0.4 is 19.7 Å². The lowest BCUT2D eigenvalue weighted by atomic mass is 10.1. The van der Waals surface area contributed by atoms with Crippen molar-refractivity contribution in [2.75, 3.05) is 57.3 Å². The van der Waals surface area contributed by atoms with Crippen molar-refractivity contribution in [1.82, 2.24) is 0 Å². The molecule has 2 aromatic carbocycles. The summed E-state index contributed by atoms with van der Waals surface area (Å²) in [6.07, 6.45) is 0. The van der Waals surface area contributed by atoms with Crippen molar-refractivity contribution >= 4 is 23.3 Å². The lowest BCUT2D eigenvalue weighted by Crippen LogP contribution is -2.37. The van der Waals surface area contributed by atoms with Crippen LogP contribution in [0.25, 0.3) is 0 Å². The predicted octanol–water partition coefficient (Wildman–Crippen LogP) is 2.97. The SMILES string of the molecule is CCOC(=O)c1cc(NC(=O)c2ccc(OC)c(OC)c2)ccc1N1CCOCC1. The van der Waals surface area contributed by atoms with Crippen molar-refractivity contribution in [2.45, 2.75) is 6.92 Å². The Morgan fingerprint density at radius 1 is 1.03 bits per heavy atom. The highest BCUT2D eigenvalue weighted by Crippen LogP contribution is 2.29. The van der Waals surface area contributed by atoms with Crippen LogP contribution in [0.15, 0.2) is 36.4 Å². The molecule has 0 bridgehead atoms. The van der Waals surface area contributed by atoms with Gasteiger partial charge in [-0.1, -0.05) is 0 Å². The van der Waals surface area contributed by atoms with E-state index < -0.39 is 5.97 Å². The molecule has 1 N–H and O–H groups in total. The fourth-order valence-corrected chi connectivity index (χ4v) is 3.25. The van der Waals surface area contributed by atoms with Gasteiger partial charge in [0.25, 0.3) is 5.91 Å². The van der Waals surface area contributed by atoms with E-state index in [2.05, 4.69) is 10.2 Å². The molecule has 8 heteroatoms. The van der Waals surface area contributed by atoms with E-state index in [9.17, 15) is 9.59 Å². The standard InChI is InChI=1S/C22H26N2O6/c1-4-30-22(26)17-14-16(6-7-18(17)24-9-11-29-12-10-24)23-21(25)15-5-8-19(27-2)20(13-15)28-3/h5-8,13-14H,4,9-12H2,1-3H3,(H,23,25). The molecule has 8 nitrogen and oxygen atoms in total. The van der Waals surface area contributed by atoms with Gasteiger partial charge in [-0.2, -0.15) is 0 Å². The molecular formula is C22H26N2O6. The first-order valence-electron chi connectivity index (χ1n) is 9.74. The van der Waals surface area contributed by atoms with E-state index in [0.29, 0.717) is 54.6 Å². The van der Waals surface area contributed by atoms with Gasteiger partial charge in [0.05, 0.1) is 45.3 Å².